The van der Waals surface area contributed by atoms with Crippen LogP contribution in [0.5, 0.6) is 23.0 Å². The first kappa shape index (κ1) is 14.7. The maximum atomic E-state index is 10.0. The molecule has 0 aliphatic rings. The monoisotopic (exact) mass is 287 g/mol. The molecule has 5 heteroatoms. The van der Waals surface area contributed by atoms with Gasteiger partial charge in [-0.3, -0.25) is 4.99 Å². The Morgan fingerprint density at radius 3 is 2.38 bits per heavy atom. The average molecular weight is 287 g/mol. The number of hydrogen-bond donors (Lipinski definition) is 1. The molecule has 0 radical (unpaired) electrons. The highest BCUT2D eigenvalue weighted by Gasteiger charge is 2.06. The number of methoxy groups -OCH3 is 3. The first-order valence-electron chi connectivity index (χ1n) is 6.31. The molecular formula is C16H17NO4. The molecule has 21 heavy (non-hydrogen) atoms. The zero-order chi connectivity index (χ0) is 15.2. The van der Waals surface area contributed by atoms with Crippen molar-refractivity contribution in [3.63, 3.8) is 0 Å². The zero-order valence-electron chi connectivity index (χ0n) is 12.2. The molecular weight excluding hydrogens is 270 g/mol. The van der Waals surface area contributed by atoms with E-state index in [0.717, 1.165) is 0 Å². The summed E-state index contributed by atoms with van der Waals surface area (Å²) in [6.07, 6.45) is 1.56. The number of ether oxygens (including phenoxy) is 3. The third kappa shape index (κ3) is 3.25. The number of phenols is 1. The summed E-state index contributed by atoms with van der Waals surface area (Å²) in [7, 11) is 4.66. The number of benzene rings is 2. The normalized spacial score (nSPS) is 10.6. The molecule has 0 bridgehead atoms. The van der Waals surface area contributed by atoms with Gasteiger partial charge < -0.3 is 19.3 Å². The van der Waals surface area contributed by atoms with Crippen LogP contribution in [-0.4, -0.2) is 32.7 Å². The first-order valence-corrected chi connectivity index (χ1v) is 6.31. The van der Waals surface area contributed by atoms with E-state index in [1.165, 1.54) is 7.11 Å². The lowest BCUT2D eigenvalue weighted by Gasteiger charge is -2.07. The fourth-order valence-corrected chi connectivity index (χ4v) is 1.84. The summed E-state index contributed by atoms with van der Waals surface area (Å²) in [5.74, 6) is 1.74. The number of aromatic hydroxyl groups is 1. The zero-order valence-corrected chi connectivity index (χ0v) is 12.2. The first-order chi connectivity index (χ1) is 10.2. The van der Waals surface area contributed by atoms with Gasteiger partial charge in [-0.25, -0.2) is 0 Å². The van der Waals surface area contributed by atoms with E-state index in [9.17, 15) is 5.11 Å². The van der Waals surface area contributed by atoms with E-state index in [1.54, 1.807) is 56.8 Å². The number of hydrogen-bond acceptors (Lipinski definition) is 5. The summed E-state index contributed by atoms with van der Waals surface area (Å²) < 4.78 is 15.5. The van der Waals surface area contributed by atoms with Gasteiger partial charge in [-0.1, -0.05) is 6.07 Å². The molecule has 0 saturated heterocycles. The SMILES string of the molecule is COc1ccc(N=Cc2cccc(OC)c2O)c(OC)c1. The molecule has 0 amide bonds. The molecule has 2 rings (SSSR count). The standard InChI is InChI=1S/C16H17NO4/c1-19-12-7-8-13(15(9-12)21-3)17-10-11-5-4-6-14(20-2)16(11)18/h4-10,18H,1-3H3. The van der Waals surface area contributed by atoms with Crippen LogP contribution in [0.4, 0.5) is 5.69 Å². The van der Waals surface area contributed by atoms with Crippen molar-refractivity contribution >= 4 is 11.9 Å². The lowest BCUT2D eigenvalue weighted by molar-refractivity contribution is 0.373. The summed E-state index contributed by atoms with van der Waals surface area (Å²) in [6, 6.07) is 10.5. The Bertz CT molecular complexity index is 653. The largest absolute Gasteiger partial charge is 0.504 e. The van der Waals surface area contributed by atoms with Gasteiger partial charge >= 0.3 is 0 Å². The minimum atomic E-state index is 0.0521. The molecule has 2 aromatic carbocycles. The van der Waals surface area contributed by atoms with Gasteiger partial charge in [0.15, 0.2) is 11.5 Å². The molecule has 1 N–H and O–H groups in total. The van der Waals surface area contributed by atoms with Gasteiger partial charge in [-0.15, -0.1) is 0 Å². The van der Waals surface area contributed by atoms with Crippen LogP contribution in [0.25, 0.3) is 0 Å². The summed E-state index contributed by atoms with van der Waals surface area (Å²) in [5.41, 5.74) is 1.20. The van der Waals surface area contributed by atoms with Gasteiger partial charge in [0.2, 0.25) is 0 Å². The Balaban J connectivity index is 2.33. The maximum Gasteiger partial charge on any atom is 0.166 e. The van der Waals surface area contributed by atoms with E-state index < -0.39 is 0 Å². The van der Waals surface area contributed by atoms with Crippen LogP contribution in [-0.2, 0) is 0 Å². The third-order valence-electron chi connectivity index (χ3n) is 2.98. The lowest BCUT2D eigenvalue weighted by atomic mass is 10.2. The van der Waals surface area contributed by atoms with Crippen LogP contribution in [0.3, 0.4) is 0 Å². The molecule has 0 aromatic heterocycles. The van der Waals surface area contributed by atoms with Crippen molar-refractivity contribution in [3.8, 4) is 23.0 Å². The summed E-state index contributed by atoms with van der Waals surface area (Å²) in [6.45, 7) is 0. The molecule has 0 saturated carbocycles. The molecule has 0 fully saturated rings. The lowest BCUT2D eigenvalue weighted by Crippen LogP contribution is -1.89. The number of nitrogens with zero attached hydrogens (tertiary/aromatic N) is 1. The smallest absolute Gasteiger partial charge is 0.166 e. The quantitative estimate of drug-likeness (QED) is 0.858. The maximum absolute atomic E-state index is 10.0. The Morgan fingerprint density at radius 1 is 0.952 bits per heavy atom. The molecule has 0 atom stereocenters. The fourth-order valence-electron chi connectivity index (χ4n) is 1.84. The molecule has 110 valence electrons. The minimum Gasteiger partial charge on any atom is -0.504 e. The predicted molar refractivity (Wildman–Crippen MR) is 81.5 cm³/mol. The van der Waals surface area contributed by atoms with Crippen LogP contribution in [0, 0.1) is 0 Å². The van der Waals surface area contributed by atoms with E-state index in [2.05, 4.69) is 4.99 Å². The summed E-state index contributed by atoms with van der Waals surface area (Å²) in [5, 5.41) is 10.0. The van der Waals surface area contributed by atoms with Crippen molar-refractivity contribution in [1.82, 2.24) is 0 Å². The fraction of sp³-hybridized carbons (Fsp3) is 0.188. The summed E-state index contributed by atoms with van der Waals surface area (Å²) >= 11 is 0. The Kier molecular flexibility index (Phi) is 4.66. The van der Waals surface area contributed by atoms with Crippen molar-refractivity contribution in [1.29, 1.82) is 0 Å². The predicted octanol–water partition coefficient (Wildman–Crippen LogP) is 3.17. The van der Waals surface area contributed by atoms with Crippen LogP contribution < -0.4 is 14.2 Å². The van der Waals surface area contributed by atoms with E-state index in [0.29, 0.717) is 28.5 Å². The van der Waals surface area contributed by atoms with Gasteiger partial charge in [0, 0.05) is 17.8 Å². The van der Waals surface area contributed by atoms with E-state index in [-0.39, 0.29) is 5.75 Å². The van der Waals surface area contributed by atoms with Gasteiger partial charge in [0.1, 0.15) is 17.2 Å². The van der Waals surface area contributed by atoms with Gasteiger partial charge in [0.05, 0.1) is 21.3 Å². The number of aliphatic imine (C=N–C) groups is 1. The van der Waals surface area contributed by atoms with E-state index >= 15 is 0 Å². The Morgan fingerprint density at radius 2 is 1.71 bits per heavy atom. The molecule has 0 heterocycles. The van der Waals surface area contributed by atoms with Crippen LogP contribution in [0.1, 0.15) is 5.56 Å². The minimum absolute atomic E-state index is 0.0521. The molecule has 2 aromatic rings. The van der Waals surface area contributed by atoms with Crippen LogP contribution in [0.15, 0.2) is 41.4 Å². The van der Waals surface area contributed by atoms with Gasteiger partial charge in [-0.2, -0.15) is 0 Å². The Hall–Kier alpha value is -2.69. The van der Waals surface area contributed by atoms with E-state index in [4.69, 9.17) is 14.2 Å². The number of rotatable bonds is 5. The van der Waals surface area contributed by atoms with E-state index in [1.807, 2.05) is 0 Å². The highest BCUT2D eigenvalue weighted by atomic mass is 16.5. The Labute approximate surface area is 123 Å². The molecule has 0 unspecified atom stereocenters. The van der Waals surface area contributed by atoms with Crippen LogP contribution >= 0.6 is 0 Å². The average Bonchev–Trinajstić information content (AvgIpc) is 2.53. The second-order valence-electron chi connectivity index (χ2n) is 4.19. The van der Waals surface area contributed by atoms with Crippen molar-refractivity contribution < 1.29 is 19.3 Å². The van der Waals surface area contributed by atoms with Crippen molar-refractivity contribution in [2.75, 3.05) is 21.3 Å². The second kappa shape index (κ2) is 6.65. The third-order valence-corrected chi connectivity index (χ3v) is 2.98. The number of phenolic OH excluding ortho intramolecular Hbond substituents is 1. The molecule has 0 aliphatic carbocycles. The van der Waals surface area contributed by atoms with Crippen LogP contribution in [0.2, 0.25) is 0 Å². The number of para-hydroxylation sites is 1. The molecule has 5 nitrogen and oxygen atoms in total. The van der Waals surface area contributed by atoms with Crippen molar-refractivity contribution in [3.05, 3.63) is 42.0 Å². The second-order valence-corrected chi connectivity index (χ2v) is 4.19. The topological polar surface area (TPSA) is 60.3 Å². The van der Waals surface area contributed by atoms with Gasteiger partial charge in [-0.05, 0) is 24.3 Å². The molecule has 0 aliphatic heterocycles. The highest BCUT2D eigenvalue weighted by molar-refractivity contribution is 5.87. The summed E-state index contributed by atoms with van der Waals surface area (Å²) in [4.78, 5) is 4.34. The molecule has 0 spiro atoms. The highest BCUT2D eigenvalue weighted by Crippen LogP contribution is 2.32. The van der Waals surface area contributed by atoms with Crippen molar-refractivity contribution in [2.24, 2.45) is 4.99 Å². The van der Waals surface area contributed by atoms with Crippen molar-refractivity contribution in [2.45, 2.75) is 0 Å². The van der Waals surface area contributed by atoms with Gasteiger partial charge in [0.25, 0.3) is 0 Å².